The van der Waals surface area contributed by atoms with Gasteiger partial charge in [0.15, 0.2) is 0 Å². The molecule has 14 heavy (non-hydrogen) atoms. The van der Waals surface area contributed by atoms with Crippen LogP contribution < -0.4 is 0 Å². The Balaban J connectivity index is 4.76. The van der Waals surface area contributed by atoms with Crippen molar-refractivity contribution < 1.29 is 17.6 Å². The van der Waals surface area contributed by atoms with E-state index < -0.39 is 31.4 Å². The zero-order valence-corrected chi connectivity index (χ0v) is 10.4. The summed E-state index contributed by atoms with van der Waals surface area (Å²) in [5, 5.41) is -1.25. The lowest BCUT2D eigenvalue weighted by molar-refractivity contribution is -0.208. The van der Waals surface area contributed by atoms with E-state index in [0.717, 1.165) is 6.08 Å². The van der Waals surface area contributed by atoms with Crippen LogP contribution in [0.3, 0.4) is 0 Å². The molecule has 0 N–H and O–H groups in total. The highest BCUT2D eigenvalue weighted by atomic mass is 35.6. The van der Waals surface area contributed by atoms with E-state index in [-0.39, 0.29) is 0 Å². The fraction of sp³-hybridized carbons (Fsp3) is 0.333. The highest BCUT2D eigenvalue weighted by Crippen LogP contribution is 2.33. The van der Waals surface area contributed by atoms with Gasteiger partial charge in [0.05, 0.1) is 10.1 Å². The lowest BCUT2D eigenvalue weighted by Crippen LogP contribution is -2.34. The van der Waals surface area contributed by atoms with Crippen molar-refractivity contribution in [2.45, 2.75) is 12.3 Å². The number of rotatable bonds is 5. The van der Waals surface area contributed by atoms with Crippen LogP contribution in [0.2, 0.25) is 0 Å². The molecule has 0 saturated heterocycles. The molecular formula is C6H6Cl3F3OSi. The smallest absolute Gasteiger partial charge is 0.350 e. The van der Waals surface area contributed by atoms with Gasteiger partial charge in [-0.15, -0.1) is 11.1 Å². The van der Waals surface area contributed by atoms with Crippen LogP contribution in [-0.4, -0.2) is 21.4 Å². The van der Waals surface area contributed by atoms with Gasteiger partial charge in [0, 0.05) is 0 Å². The van der Waals surface area contributed by atoms with Gasteiger partial charge in [-0.25, -0.2) is 4.39 Å². The summed E-state index contributed by atoms with van der Waals surface area (Å²) in [6.07, 6.45) is -5.93. The monoisotopic (exact) mass is 284 g/mol. The molecule has 0 rings (SSSR count). The molecule has 0 aromatic rings. The summed E-state index contributed by atoms with van der Waals surface area (Å²) in [5.41, 5.74) is 0. The first-order valence-electron chi connectivity index (χ1n) is 3.26. The predicted octanol–water partition coefficient (Wildman–Crippen LogP) is 3.05. The molecule has 0 spiro atoms. The molecule has 82 valence electrons. The SMILES string of the molecule is C=CC(Cl)=C(Cl)C(F)C(F)(F)O[SiH2]Cl. The van der Waals surface area contributed by atoms with Crippen LogP contribution in [0.15, 0.2) is 22.7 Å². The first-order valence-corrected chi connectivity index (χ1v) is 6.73. The van der Waals surface area contributed by atoms with Crippen LogP contribution in [0.25, 0.3) is 0 Å². The molecule has 1 nitrogen and oxygen atoms in total. The molecule has 0 aromatic heterocycles. The van der Waals surface area contributed by atoms with Crippen LogP contribution in [-0.2, 0) is 4.43 Å². The first-order chi connectivity index (χ1) is 6.36. The lowest BCUT2D eigenvalue weighted by atomic mass is 10.3. The molecule has 0 aromatic carbocycles. The summed E-state index contributed by atoms with van der Waals surface area (Å²) >= 11 is 15.5. The number of allylic oxidation sites excluding steroid dienone is 2. The van der Waals surface area contributed by atoms with Crippen LogP contribution in [0.1, 0.15) is 0 Å². The molecule has 8 heteroatoms. The maximum Gasteiger partial charge on any atom is 0.383 e. The van der Waals surface area contributed by atoms with Crippen molar-refractivity contribution in [3.05, 3.63) is 22.7 Å². The number of hydrogen-bond acceptors (Lipinski definition) is 1. The molecule has 1 unspecified atom stereocenters. The van der Waals surface area contributed by atoms with Gasteiger partial charge in [-0.3, -0.25) is 0 Å². The van der Waals surface area contributed by atoms with E-state index in [2.05, 4.69) is 11.0 Å². The first kappa shape index (κ1) is 14.3. The van der Waals surface area contributed by atoms with Gasteiger partial charge in [0.2, 0.25) is 6.17 Å². The van der Waals surface area contributed by atoms with Gasteiger partial charge in [-0.1, -0.05) is 29.8 Å². The van der Waals surface area contributed by atoms with E-state index in [9.17, 15) is 13.2 Å². The second kappa shape index (κ2) is 6.02. The fourth-order valence-corrected chi connectivity index (χ4v) is 1.54. The third-order valence-electron chi connectivity index (χ3n) is 1.17. The summed E-state index contributed by atoms with van der Waals surface area (Å²) < 4.78 is 42.2. The summed E-state index contributed by atoms with van der Waals surface area (Å²) in [6.45, 7) is 3.15. The van der Waals surface area contributed by atoms with Gasteiger partial charge >= 0.3 is 6.11 Å². The molecule has 0 fully saturated rings. The minimum absolute atomic E-state index is 0.390. The van der Waals surface area contributed by atoms with Crippen molar-refractivity contribution in [3.8, 4) is 0 Å². The van der Waals surface area contributed by atoms with Gasteiger partial charge in [-0.2, -0.15) is 8.78 Å². The molecule has 1 atom stereocenters. The normalized spacial score (nSPS) is 17.0. The maximum atomic E-state index is 13.0. The second-order valence-corrected chi connectivity index (χ2v) is 4.05. The molecule has 0 aliphatic rings. The van der Waals surface area contributed by atoms with E-state index in [1.54, 1.807) is 0 Å². The van der Waals surface area contributed by atoms with E-state index in [1.165, 1.54) is 0 Å². The van der Waals surface area contributed by atoms with E-state index in [4.69, 9.17) is 34.3 Å². The van der Waals surface area contributed by atoms with Gasteiger partial charge in [0.25, 0.3) is 9.07 Å². The Labute approximate surface area is 96.1 Å². The summed E-state index contributed by atoms with van der Waals surface area (Å²) in [6, 6.07) is 0. The Morgan fingerprint density at radius 1 is 1.50 bits per heavy atom. The molecule has 0 aliphatic carbocycles. The van der Waals surface area contributed by atoms with E-state index in [0.29, 0.717) is 0 Å². The van der Waals surface area contributed by atoms with E-state index in [1.807, 2.05) is 0 Å². The van der Waals surface area contributed by atoms with Crippen molar-refractivity contribution >= 4 is 43.4 Å². The second-order valence-electron chi connectivity index (χ2n) is 2.08. The standard InChI is InChI=1S/C6H6Cl3F3OSi/c1-2-3(7)4(8)5(10)6(11,12)13-14-9/h2,5H,1,14H2. The number of hydrogen-bond donors (Lipinski definition) is 0. The Bertz CT molecular complexity index is 246. The zero-order chi connectivity index (χ0) is 11.4. The quantitative estimate of drug-likeness (QED) is 0.428. The highest BCUT2D eigenvalue weighted by molar-refractivity contribution is 6.90. The van der Waals surface area contributed by atoms with Crippen molar-refractivity contribution in [3.63, 3.8) is 0 Å². The number of alkyl halides is 3. The van der Waals surface area contributed by atoms with Gasteiger partial charge in [-0.05, 0) is 6.08 Å². The van der Waals surface area contributed by atoms with E-state index >= 15 is 0 Å². The molecule has 0 heterocycles. The molecule has 0 bridgehead atoms. The van der Waals surface area contributed by atoms with Crippen LogP contribution in [0.5, 0.6) is 0 Å². The molecule has 0 aliphatic heterocycles. The molecule has 0 saturated carbocycles. The van der Waals surface area contributed by atoms with Crippen molar-refractivity contribution in [1.29, 1.82) is 0 Å². The Morgan fingerprint density at radius 2 is 2.00 bits per heavy atom. The largest absolute Gasteiger partial charge is 0.383 e. The average Bonchev–Trinajstić information content (AvgIpc) is 2.14. The predicted molar refractivity (Wildman–Crippen MR) is 54.3 cm³/mol. The average molecular weight is 286 g/mol. The van der Waals surface area contributed by atoms with Crippen LogP contribution in [0.4, 0.5) is 13.2 Å². The van der Waals surface area contributed by atoms with Crippen LogP contribution in [0, 0.1) is 0 Å². The minimum Gasteiger partial charge on any atom is -0.350 e. The third kappa shape index (κ3) is 3.82. The minimum atomic E-state index is -4.05. The van der Waals surface area contributed by atoms with Crippen molar-refractivity contribution in [2.24, 2.45) is 0 Å². The molecule has 0 radical (unpaired) electrons. The molecular weight excluding hydrogens is 280 g/mol. The molecule has 0 amide bonds. The van der Waals surface area contributed by atoms with Gasteiger partial charge in [0.1, 0.15) is 0 Å². The number of halogens is 6. The zero-order valence-electron chi connectivity index (χ0n) is 6.74. The van der Waals surface area contributed by atoms with Gasteiger partial charge < -0.3 is 4.43 Å². The Kier molecular flexibility index (Phi) is 6.16. The summed E-state index contributed by atoms with van der Waals surface area (Å²) in [4.78, 5) is 0. The highest BCUT2D eigenvalue weighted by Gasteiger charge is 2.43. The van der Waals surface area contributed by atoms with Crippen molar-refractivity contribution in [2.75, 3.05) is 0 Å². The summed E-state index contributed by atoms with van der Waals surface area (Å²) in [5.74, 6) is 0. The lowest BCUT2D eigenvalue weighted by Gasteiger charge is -2.19. The van der Waals surface area contributed by atoms with Crippen molar-refractivity contribution in [1.82, 2.24) is 0 Å². The fourth-order valence-electron chi connectivity index (χ4n) is 0.512. The maximum absolute atomic E-state index is 13.0. The summed E-state index contributed by atoms with van der Waals surface area (Å²) in [7, 11) is -1.96. The topological polar surface area (TPSA) is 9.23 Å². The van der Waals surface area contributed by atoms with Crippen LogP contribution >= 0.6 is 34.3 Å². The third-order valence-corrected chi connectivity index (χ3v) is 2.84. The Hall–Kier alpha value is 0.317. The Morgan fingerprint density at radius 3 is 2.36 bits per heavy atom.